The van der Waals surface area contributed by atoms with Crippen molar-refractivity contribution in [2.24, 2.45) is 0 Å². The molecule has 6 nitrogen and oxygen atoms in total. The van der Waals surface area contributed by atoms with Crippen LogP contribution in [0.25, 0.3) is 16.9 Å². The number of carbonyl (C=O) groups is 1. The molecular formula is C26H23N3O3. The molecule has 1 N–H and O–H groups in total. The molecule has 4 aromatic rings. The molecule has 1 aromatic heterocycles. The number of nitrogens with zero attached hydrogens (tertiary/aromatic N) is 2. The number of para-hydroxylation sites is 1. The van der Waals surface area contributed by atoms with Gasteiger partial charge in [0.05, 0.1) is 11.4 Å². The predicted octanol–water partition coefficient (Wildman–Crippen LogP) is 4.52. The SMILES string of the molecule is O=C(CCc1ccc2c(c1)OCO2)NCc1cn(-c2ccccc2)nc1-c1ccccc1. The lowest BCUT2D eigenvalue weighted by Crippen LogP contribution is -2.23. The third kappa shape index (κ3) is 4.34. The van der Waals surface area contributed by atoms with Gasteiger partial charge >= 0.3 is 0 Å². The highest BCUT2D eigenvalue weighted by Crippen LogP contribution is 2.32. The summed E-state index contributed by atoms with van der Waals surface area (Å²) in [6.07, 6.45) is 3.01. The van der Waals surface area contributed by atoms with Gasteiger partial charge in [-0.1, -0.05) is 54.6 Å². The maximum atomic E-state index is 12.6. The summed E-state index contributed by atoms with van der Waals surface area (Å²) in [6.45, 7) is 0.663. The van der Waals surface area contributed by atoms with Crippen LogP contribution in [0.5, 0.6) is 11.5 Å². The Labute approximate surface area is 186 Å². The molecule has 6 heteroatoms. The second-order valence-corrected chi connectivity index (χ2v) is 7.61. The summed E-state index contributed by atoms with van der Waals surface area (Å²) in [4.78, 5) is 12.6. The quantitative estimate of drug-likeness (QED) is 0.473. The van der Waals surface area contributed by atoms with Gasteiger partial charge in [0.1, 0.15) is 0 Å². The summed E-state index contributed by atoms with van der Waals surface area (Å²) >= 11 is 0. The van der Waals surface area contributed by atoms with Gasteiger partial charge in [-0.2, -0.15) is 5.10 Å². The molecular weight excluding hydrogens is 402 g/mol. The number of nitrogens with one attached hydrogen (secondary N) is 1. The number of carbonyl (C=O) groups excluding carboxylic acids is 1. The van der Waals surface area contributed by atoms with Gasteiger partial charge in [0.2, 0.25) is 12.7 Å². The number of amides is 1. The minimum atomic E-state index is -0.00543. The van der Waals surface area contributed by atoms with Gasteiger partial charge in [0, 0.05) is 30.3 Å². The lowest BCUT2D eigenvalue weighted by molar-refractivity contribution is -0.121. The fraction of sp³-hybridized carbons (Fsp3) is 0.154. The Balaban J connectivity index is 1.28. The molecule has 2 heterocycles. The molecule has 5 rings (SSSR count). The molecule has 32 heavy (non-hydrogen) atoms. The number of ether oxygens (including phenoxy) is 2. The lowest BCUT2D eigenvalue weighted by atomic mass is 10.1. The van der Waals surface area contributed by atoms with Gasteiger partial charge in [-0.15, -0.1) is 0 Å². The van der Waals surface area contributed by atoms with E-state index < -0.39 is 0 Å². The van der Waals surface area contributed by atoms with Gasteiger partial charge in [0.15, 0.2) is 11.5 Å². The van der Waals surface area contributed by atoms with Gasteiger partial charge in [-0.3, -0.25) is 4.79 Å². The van der Waals surface area contributed by atoms with Gasteiger partial charge in [-0.25, -0.2) is 4.68 Å². The molecule has 0 spiro atoms. The summed E-state index contributed by atoms with van der Waals surface area (Å²) in [5.74, 6) is 1.49. The fourth-order valence-electron chi connectivity index (χ4n) is 3.73. The Morgan fingerprint density at radius 3 is 2.50 bits per heavy atom. The van der Waals surface area contributed by atoms with E-state index in [1.165, 1.54) is 0 Å². The van der Waals surface area contributed by atoms with Crippen molar-refractivity contribution in [3.8, 4) is 28.4 Å². The van der Waals surface area contributed by atoms with Crippen molar-refractivity contribution in [1.82, 2.24) is 15.1 Å². The number of rotatable bonds is 7. The monoisotopic (exact) mass is 425 g/mol. The van der Waals surface area contributed by atoms with Crippen LogP contribution in [-0.2, 0) is 17.8 Å². The van der Waals surface area contributed by atoms with E-state index >= 15 is 0 Å². The van der Waals surface area contributed by atoms with Crippen LogP contribution >= 0.6 is 0 Å². The average molecular weight is 425 g/mol. The van der Waals surface area contributed by atoms with Crippen molar-refractivity contribution in [3.63, 3.8) is 0 Å². The van der Waals surface area contributed by atoms with E-state index in [-0.39, 0.29) is 12.7 Å². The zero-order valence-corrected chi connectivity index (χ0v) is 17.5. The first-order valence-electron chi connectivity index (χ1n) is 10.6. The minimum absolute atomic E-state index is 0.00543. The molecule has 1 aliphatic rings. The fourth-order valence-corrected chi connectivity index (χ4v) is 3.73. The van der Waals surface area contributed by atoms with E-state index in [0.717, 1.165) is 39.6 Å². The molecule has 0 saturated carbocycles. The van der Waals surface area contributed by atoms with Crippen LogP contribution in [0.4, 0.5) is 0 Å². The lowest BCUT2D eigenvalue weighted by Gasteiger charge is -2.06. The highest BCUT2D eigenvalue weighted by atomic mass is 16.7. The zero-order chi connectivity index (χ0) is 21.8. The van der Waals surface area contributed by atoms with Crippen LogP contribution in [0, 0.1) is 0 Å². The first kappa shape index (κ1) is 19.9. The molecule has 0 atom stereocenters. The van der Waals surface area contributed by atoms with E-state index in [2.05, 4.69) is 5.32 Å². The van der Waals surface area contributed by atoms with Crippen molar-refractivity contribution in [1.29, 1.82) is 0 Å². The predicted molar refractivity (Wildman–Crippen MR) is 122 cm³/mol. The molecule has 0 radical (unpaired) electrons. The first-order valence-corrected chi connectivity index (χ1v) is 10.6. The Hall–Kier alpha value is -4.06. The van der Waals surface area contributed by atoms with E-state index in [4.69, 9.17) is 14.6 Å². The van der Waals surface area contributed by atoms with Crippen LogP contribution in [0.15, 0.2) is 85.1 Å². The summed E-state index contributed by atoms with van der Waals surface area (Å²) in [7, 11) is 0. The van der Waals surface area contributed by atoms with E-state index in [1.807, 2.05) is 89.7 Å². The number of aromatic nitrogens is 2. The van der Waals surface area contributed by atoms with Crippen molar-refractivity contribution in [2.45, 2.75) is 19.4 Å². The van der Waals surface area contributed by atoms with E-state index in [1.54, 1.807) is 0 Å². The molecule has 0 saturated heterocycles. The summed E-state index contributed by atoms with van der Waals surface area (Å²) < 4.78 is 12.6. The topological polar surface area (TPSA) is 65.4 Å². The third-order valence-electron chi connectivity index (χ3n) is 5.41. The normalized spacial score (nSPS) is 12.0. The standard InChI is InChI=1S/C26H23N3O3/c30-25(14-12-19-11-13-23-24(15-19)32-18-31-23)27-16-21-17-29(22-9-5-2-6-10-22)28-26(21)20-7-3-1-4-8-20/h1-11,13,15,17H,12,14,16,18H2,(H,27,30). The highest BCUT2D eigenvalue weighted by Gasteiger charge is 2.15. The molecule has 160 valence electrons. The van der Waals surface area contributed by atoms with Crippen molar-refractivity contribution < 1.29 is 14.3 Å². The largest absolute Gasteiger partial charge is 0.454 e. The molecule has 0 fully saturated rings. The number of hydrogen-bond donors (Lipinski definition) is 1. The Bertz CT molecular complexity index is 1220. The Kier molecular flexibility index (Phi) is 5.58. The number of fused-ring (bicyclic) bond motifs is 1. The molecule has 3 aromatic carbocycles. The van der Waals surface area contributed by atoms with Crippen LogP contribution < -0.4 is 14.8 Å². The van der Waals surface area contributed by atoms with Crippen molar-refractivity contribution in [2.75, 3.05) is 6.79 Å². The molecule has 1 aliphatic heterocycles. The number of hydrogen-bond acceptors (Lipinski definition) is 4. The van der Waals surface area contributed by atoms with E-state index in [0.29, 0.717) is 19.4 Å². The summed E-state index contributed by atoms with van der Waals surface area (Å²) in [5, 5.41) is 7.84. The van der Waals surface area contributed by atoms with Crippen molar-refractivity contribution >= 4 is 5.91 Å². The Morgan fingerprint density at radius 1 is 0.938 bits per heavy atom. The van der Waals surface area contributed by atoms with Crippen LogP contribution in [-0.4, -0.2) is 22.5 Å². The molecule has 0 bridgehead atoms. The van der Waals surface area contributed by atoms with Gasteiger partial charge in [0.25, 0.3) is 0 Å². The van der Waals surface area contributed by atoms with E-state index in [9.17, 15) is 4.79 Å². The summed E-state index contributed by atoms with van der Waals surface area (Å²) in [5.41, 5.74) is 4.88. The Morgan fingerprint density at radius 2 is 1.69 bits per heavy atom. The average Bonchev–Trinajstić information content (AvgIpc) is 3.49. The zero-order valence-electron chi connectivity index (χ0n) is 17.5. The van der Waals surface area contributed by atoms with Gasteiger partial charge in [-0.05, 0) is 36.2 Å². The van der Waals surface area contributed by atoms with Crippen LogP contribution in [0.1, 0.15) is 17.5 Å². The molecule has 0 unspecified atom stereocenters. The van der Waals surface area contributed by atoms with Gasteiger partial charge < -0.3 is 14.8 Å². The second-order valence-electron chi connectivity index (χ2n) is 7.61. The summed E-state index contributed by atoms with van der Waals surface area (Å²) in [6, 6.07) is 25.8. The second kappa shape index (κ2) is 8.98. The first-order chi connectivity index (χ1) is 15.8. The third-order valence-corrected chi connectivity index (χ3v) is 5.41. The maximum Gasteiger partial charge on any atom is 0.231 e. The number of aryl methyl sites for hydroxylation is 1. The highest BCUT2D eigenvalue weighted by molar-refractivity contribution is 5.76. The van der Waals surface area contributed by atoms with Crippen molar-refractivity contribution in [3.05, 3.63) is 96.2 Å². The smallest absolute Gasteiger partial charge is 0.231 e. The number of benzene rings is 3. The minimum Gasteiger partial charge on any atom is -0.454 e. The molecule has 1 amide bonds. The van der Waals surface area contributed by atoms with Crippen LogP contribution in [0.3, 0.4) is 0 Å². The molecule has 0 aliphatic carbocycles. The maximum absolute atomic E-state index is 12.6. The van der Waals surface area contributed by atoms with Crippen LogP contribution in [0.2, 0.25) is 0 Å².